The van der Waals surface area contributed by atoms with Crippen LogP contribution >= 0.6 is 0 Å². The Morgan fingerprint density at radius 1 is 1.00 bits per heavy atom. The standard InChI is InChI=1S/C21H25NO5/c1-6-26-18-11-16(7-8-17(18)25-5)21(24)27-12-19(23)22-20-14(3)9-13(2)10-15(20)4/h7-11H,6,12H2,1-5H3,(H,22,23). The number of ether oxygens (including phenoxy) is 3. The van der Waals surface area contributed by atoms with Crippen molar-refractivity contribution in [1.29, 1.82) is 0 Å². The van der Waals surface area contributed by atoms with Crippen LogP contribution < -0.4 is 14.8 Å². The number of esters is 1. The van der Waals surface area contributed by atoms with Crippen LogP contribution in [0.2, 0.25) is 0 Å². The number of benzene rings is 2. The van der Waals surface area contributed by atoms with Gasteiger partial charge in [0.25, 0.3) is 5.91 Å². The molecule has 0 bridgehead atoms. The second kappa shape index (κ2) is 9.07. The van der Waals surface area contributed by atoms with E-state index in [-0.39, 0.29) is 12.2 Å². The number of rotatable bonds is 7. The molecule has 6 nitrogen and oxygen atoms in total. The van der Waals surface area contributed by atoms with E-state index in [1.807, 2.05) is 39.8 Å². The number of anilines is 1. The summed E-state index contributed by atoms with van der Waals surface area (Å²) >= 11 is 0. The molecule has 0 saturated carbocycles. The normalized spacial score (nSPS) is 10.3. The number of amides is 1. The van der Waals surface area contributed by atoms with Crippen molar-refractivity contribution in [1.82, 2.24) is 0 Å². The summed E-state index contributed by atoms with van der Waals surface area (Å²) in [5.74, 6) is -0.0238. The molecule has 0 unspecified atom stereocenters. The molecule has 2 aromatic carbocycles. The molecular weight excluding hydrogens is 346 g/mol. The Morgan fingerprint density at radius 3 is 2.26 bits per heavy atom. The molecule has 27 heavy (non-hydrogen) atoms. The minimum atomic E-state index is -0.605. The second-order valence-electron chi connectivity index (χ2n) is 6.20. The molecule has 0 aliphatic rings. The zero-order chi connectivity index (χ0) is 20.0. The molecule has 0 radical (unpaired) electrons. The van der Waals surface area contributed by atoms with Crippen molar-refractivity contribution in [3.05, 3.63) is 52.6 Å². The van der Waals surface area contributed by atoms with E-state index in [0.29, 0.717) is 18.1 Å². The Labute approximate surface area is 159 Å². The van der Waals surface area contributed by atoms with Crippen molar-refractivity contribution < 1.29 is 23.8 Å². The van der Waals surface area contributed by atoms with Crippen molar-refractivity contribution in [2.24, 2.45) is 0 Å². The largest absolute Gasteiger partial charge is 0.493 e. The minimum absolute atomic E-state index is 0.287. The van der Waals surface area contributed by atoms with Gasteiger partial charge < -0.3 is 19.5 Å². The highest BCUT2D eigenvalue weighted by atomic mass is 16.5. The summed E-state index contributed by atoms with van der Waals surface area (Å²) < 4.78 is 15.8. The van der Waals surface area contributed by atoms with E-state index in [4.69, 9.17) is 14.2 Å². The minimum Gasteiger partial charge on any atom is -0.493 e. The van der Waals surface area contributed by atoms with Gasteiger partial charge in [-0.05, 0) is 57.0 Å². The number of carbonyl (C=O) groups is 2. The molecule has 0 heterocycles. The maximum atomic E-state index is 12.2. The Hall–Kier alpha value is -3.02. The van der Waals surface area contributed by atoms with Gasteiger partial charge in [-0.1, -0.05) is 17.7 Å². The van der Waals surface area contributed by atoms with E-state index < -0.39 is 11.9 Å². The quantitative estimate of drug-likeness (QED) is 0.749. The first-order chi connectivity index (χ1) is 12.8. The van der Waals surface area contributed by atoms with Crippen LogP contribution in [0, 0.1) is 20.8 Å². The number of hydrogen-bond donors (Lipinski definition) is 1. The maximum Gasteiger partial charge on any atom is 0.338 e. The van der Waals surface area contributed by atoms with Gasteiger partial charge in [0.2, 0.25) is 0 Å². The third kappa shape index (κ3) is 5.23. The molecule has 0 saturated heterocycles. The van der Waals surface area contributed by atoms with Crippen LogP contribution in [-0.4, -0.2) is 32.2 Å². The van der Waals surface area contributed by atoms with Crippen LogP contribution in [0.25, 0.3) is 0 Å². The summed E-state index contributed by atoms with van der Waals surface area (Å²) in [6.07, 6.45) is 0. The average molecular weight is 371 g/mol. The highest BCUT2D eigenvalue weighted by molar-refractivity contribution is 5.96. The Morgan fingerprint density at radius 2 is 1.67 bits per heavy atom. The van der Waals surface area contributed by atoms with Crippen LogP contribution in [0.4, 0.5) is 5.69 Å². The monoisotopic (exact) mass is 371 g/mol. The predicted molar refractivity (Wildman–Crippen MR) is 104 cm³/mol. The lowest BCUT2D eigenvalue weighted by atomic mass is 10.1. The van der Waals surface area contributed by atoms with Gasteiger partial charge in [0.15, 0.2) is 18.1 Å². The summed E-state index contributed by atoms with van der Waals surface area (Å²) in [4.78, 5) is 24.4. The van der Waals surface area contributed by atoms with E-state index >= 15 is 0 Å². The first kappa shape index (κ1) is 20.3. The molecule has 0 fully saturated rings. The van der Waals surface area contributed by atoms with Crippen molar-refractivity contribution in [2.45, 2.75) is 27.7 Å². The van der Waals surface area contributed by atoms with Gasteiger partial charge in [0.1, 0.15) is 0 Å². The highest BCUT2D eigenvalue weighted by Gasteiger charge is 2.15. The van der Waals surface area contributed by atoms with Crippen LogP contribution in [0.5, 0.6) is 11.5 Å². The summed E-state index contributed by atoms with van der Waals surface area (Å²) in [6, 6.07) is 8.70. The van der Waals surface area contributed by atoms with Gasteiger partial charge in [-0.25, -0.2) is 4.79 Å². The number of methoxy groups -OCH3 is 1. The van der Waals surface area contributed by atoms with Gasteiger partial charge in [-0.15, -0.1) is 0 Å². The molecule has 144 valence electrons. The van der Waals surface area contributed by atoms with Gasteiger partial charge in [-0.3, -0.25) is 4.79 Å². The van der Waals surface area contributed by atoms with Crippen molar-refractivity contribution in [2.75, 3.05) is 25.6 Å². The molecule has 0 aromatic heterocycles. The molecule has 2 rings (SSSR count). The third-order valence-corrected chi connectivity index (χ3v) is 3.97. The predicted octanol–water partition coefficient (Wildman–Crippen LogP) is 3.81. The topological polar surface area (TPSA) is 73.9 Å². The average Bonchev–Trinajstić information content (AvgIpc) is 2.63. The van der Waals surface area contributed by atoms with Crippen LogP contribution in [0.1, 0.15) is 34.0 Å². The molecule has 1 amide bonds. The van der Waals surface area contributed by atoms with Gasteiger partial charge in [-0.2, -0.15) is 0 Å². The first-order valence-electron chi connectivity index (χ1n) is 8.71. The lowest BCUT2D eigenvalue weighted by Gasteiger charge is -2.13. The number of hydrogen-bond acceptors (Lipinski definition) is 5. The molecule has 0 aliphatic carbocycles. The zero-order valence-electron chi connectivity index (χ0n) is 16.3. The van der Waals surface area contributed by atoms with E-state index in [1.165, 1.54) is 13.2 Å². The van der Waals surface area contributed by atoms with Crippen LogP contribution in [0.15, 0.2) is 30.3 Å². The Kier molecular flexibility index (Phi) is 6.82. The number of aryl methyl sites for hydroxylation is 3. The van der Waals surface area contributed by atoms with Crippen molar-refractivity contribution in [3.63, 3.8) is 0 Å². The van der Waals surface area contributed by atoms with Crippen molar-refractivity contribution >= 4 is 17.6 Å². The SMILES string of the molecule is CCOc1cc(C(=O)OCC(=O)Nc2c(C)cc(C)cc2C)ccc1OC. The van der Waals surface area contributed by atoms with Crippen LogP contribution in [0.3, 0.4) is 0 Å². The lowest BCUT2D eigenvalue weighted by molar-refractivity contribution is -0.119. The lowest BCUT2D eigenvalue weighted by Crippen LogP contribution is -2.22. The molecule has 2 aromatic rings. The summed E-state index contributed by atoms with van der Waals surface area (Å²) in [7, 11) is 1.52. The maximum absolute atomic E-state index is 12.2. The second-order valence-corrected chi connectivity index (χ2v) is 6.20. The fourth-order valence-electron chi connectivity index (χ4n) is 2.84. The molecule has 0 aliphatic heterocycles. The van der Waals surface area contributed by atoms with E-state index in [9.17, 15) is 9.59 Å². The third-order valence-electron chi connectivity index (χ3n) is 3.97. The van der Waals surface area contributed by atoms with E-state index in [2.05, 4.69) is 5.32 Å². The summed E-state index contributed by atoms with van der Waals surface area (Å²) in [5, 5.41) is 2.80. The van der Waals surface area contributed by atoms with E-state index in [0.717, 1.165) is 22.4 Å². The number of nitrogens with one attached hydrogen (secondary N) is 1. The highest BCUT2D eigenvalue weighted by Crippen LogP contribution is 2.28. The number of carbonyl (C=O) groups excluding carboxylic acids is 2. The molecular formula is C21H25NO5. The molecule has 1 N–H and O–H groups in total. The van der Waals surface area contributed by atoms with Gasteiger partial charge in [0.05, 0.1) is 19.3 Å². The summed E-state index contributed by atoms with van der Waals surface area (Å²) in [6.45, 7) is 7.75. The fraction of sp³-hybridized carbons (Fsp3) is 0.333. The molecule has 0 spiro atoms. The fourth-order valence-corrected chi connectivity index (χ4v) is 2.84. The van der Waals surface area contributed by atoms with Gasteiger partial charge >= 0.3 is 5.97 Å². The van der Waals surface area contributed by atoms with Crippen molar-refractivity contribution in [3.8, 4) is 11.5 Å². The first-order valence-corrected chi connectivity index (χ1v) is 8.71. The molecule has 0 atom stereocenters. The van der Waals surface area contributed by atoms with Crippen LogP contribution in [-0.2, 0) is 9.53 Å². The Bertz CT molecular complexity index is 821. The molecule has 6 heteroatoms. The Balaban J connectivity index is 2.01. The summed E-state index contributed by atoms with van der Waals surface area (Å²) in [5.41, 5.74) is 4.07. The van der Waals surface area contributed by atoms with Gasteiger partial charge in [0, 0.05) is 5.69 Å². The van der Waals surface area contributed by atoms with E-state index in [1.54, 1.807) is 12.1 Å². The smallest absolute Gasteiger partial charge is 0.338 e. The zero-order valence-corrected chi connectivity index (χ0v) is 16.3.